The van der Waals surface area contributed by atoms with E-state index in [4.69, 9.17) is 15.2 Å². The zero-order valence-corrected chi connectivity index (χ0v) is 15.5. The van der Waals surface area contributed by atoms with Crippen molar-refractivity contribution < 1.29 is 19.1 Å². The third-order valence-corrected chi connectivity index (χ3v) is 5.08. The van der Waals surface area contributed by atoms with Crippen molar-refractivity contribution >= 4 is 11.9 Å². The van der Waals surface area contributed by atoms with Crippen LogP contribution in [0.15, 0.2) is 48.5 Å². The molecule has 27 heavy (non-hydrogen) atoms. The minimum absolute atomic E-state index is 0.0157. The second-order valence-corrected chi connectivity index (χ2v) is 6.77. The molecule has 1 atom stereocenters. The normalized spacial score (nSPS) is 13.6. The third kappa shape index (κ3) is 4.19. The van der Waals surface area contributed by atoms with Crippen LogP contribution in [0.1, 0.15) is 36.3 Å². The number of ether oxygens (including phenoxy) is 2. The van der Waals surface area contributed by atoms with Gasteiger partial charge in [0.1, 0.15) is 6.61 Å². The first-order chi connectivity index (χ1) is 13.2. The van der Waals surface area contributed by atoms with Gasteiger partial charge in [-0.25, -0.2) is 0 Å². The number of benzene rings is 2. The van der Waals surface area contributed by atoms with Crippen LogP contribution in [0.4, 0.5) is 0 Å². The number of carbonyl (C=O) groups excluding carboxylic acids is 2. The zero-order chi connectivity index (χ0) is 19.2. The van der Waals surface area contributed by atoms with Crippen LogP contribution in [0.25, 0.3) is 11.1 Å². The lowest BCUT2D eigenvalue weighted by molar-refractivity contribution is -0.153. The summed E-state index contributed by atoms with van der Waals surface area (Å²) < 4.78 is 10.4. The Morgan fingerprint density at radius 1 is 1.04 bits per heavy atom. The first-order valence-electron chi connectivity index (χ1n) is 9.27. The molecule has 3 rings (SSSR count). The zero-order valence-electron chi connectivity index (χ0n) is 15.5. The van der Waals surface area contributed by atoms with Gasteiger partial charge in [0.05, 0.1) is 19.4 Å². The van der Waals surface area contributed by atoms with Crippen LogP contribution in [0.2, 0.25) is 0 Å². The van der Waals surface area contributed by atoms with Gasteiger partial charge in [-0.2, -0.15) is 0 Å². The Balaban J connectivity index is 1.67. The molecule has 0 spiro atoms. The number of hydrogen-bond donors (Lipinski definition) is 1. The number of hydrogen-bond acceptors (Lipinski definition) is 5. The topological polar surface area (TPSA) is 78.6 Å². The van der Waals surface area contributed by atoms with E-state index in [1.165, 1.54) is 29.4 Å². The summed E-state index contributed by atoms with van der Waals surface area (Å²) >= 11 is 0. The summed E-state index contributed by atoms with van der Waals surface area (Å²) in [6.07, 6.45) is 1.20. The van der Waals surface area contributed by atoms with Gasteiger partial charge < -0.3 is 15.2 Å². The van der Waals surface area contributed by atoms with Crippen molar-refractivity contribution in [1.29, 1.82) is 0 Å². The number of carbonyl (C=O) groups is 2. The predicted octanol–water partition coefficient (Wildman–Crippen LogP) is 3.26. The maximum absolute atomic E-state index is 12.4. The van der Waals surface area contributed by atoms with Crippen LogP contribution < -0.4 is 5.73 Å². The number of esters is 2. The third-order valence-electron chi connectivity index (χ3n) is 5.08. The molecular formula is C22H25NO4. The van der Waals surface area contributed by atoms with Crippen LogP contribution in [0.5, 0.6) is 0 Å². The summed E-state index contributed by atoms with van der Waals surface area (Å²) in [6, 6.07) is 16.4. The van der Waals surface area contributed by atoms with E-state index in [-0.39, 0.29) is 24.9 Å². The molecule has 5 heteroatoms. The molecule has 0 aromatic heterocycles. The van der Waals surface area contributed by atoms with Gasteiger partial charge in [-0.15, -0.1) is 0 Å². The van der Waals surface area contributed by atoms with Gasteiger partial charge in [0, 0.05) is 5.92 Å². The fourth-order valence-corrected chi connectivity index (χ4v) is 3.71. The lowest BCUT2D eigenvalue weighted by atomic mass is 9.97. The summed E-state index contributed by atoms with van der Waals surface area (Å²) in [5.41, 5.74) is 10.2. The average Bonchev–Trinajstić information content (AvgIpc) is 3.03. The van der Waals surface area contributed by atoms with Crippen LogP contribution >= 0.6 is 0 Å². The van der Waals surface area contributed by atoms with Crippen LogP contribution in [0, 0.1) is 5.92 Å². The van der Waals surface area contributed by atoms with Crippen molar-refractivity contribution in [1.82, 2.24) is 0 Å². The van der Waals surface area contributed by atoms with Crippen LogP contribution in [0.3, 0.4) is 0 Å². The molecule has 0 saturated carbocycles. The van der Waals surface area contributed by atoms with Crippen LogP contribution in [-0.2, 0) is 19.1 Å². The van der Waals surface area contributed by atoms with Crippen molar-refractivity contribution in [3.05, 3.63) is 59.7 Å². The molecule has 0 heterocycles. The number of fused-ring (bicyclic) bond motifs is 3. The monoisotopic (exact) mass is 367 g/mol. The molecule has 1 aliphatic carbocycles. The fraction of sp³-hybridized carbons (Fsp3) is 0.364. The molecule has 0 unspecified atom stereocenters. The molecule has 0 fully saturated rings. The minimum Gasteiger partial charge on any atom is -0.469 e. The Kier molecular flexibility index (Phi) is 6.24. The Morgan fingerprint density at radius 2 is 1.63 bits per heavy atom. The highest BCUT2D eigenvalue weighted by molar-refractivity contribution is 5.81. The molecule has 0 aliphatic heterocycles. The van der Waals surface area contributed by atoms with E-state index in [1.54, 1.807) is 0 Å². The Labute approximate surface area is 159 Å². The second-order valence-electron chi connectivity index (χ2n) is 6.77. The molecule has 0 bridgehead atoms. The van der Waals surface area contributed by atoms with Crippen molar-refractivity contribution in [3.63, 3.8) is 0 Å². The molecule has 2 aromatic rings. The van der Waals surface area contributed by atoms with Gasteiger partial charge >= 0.3 is 11.9 Å². The Hall–Kier alpha value is -2.66. The van der Waals surface area contributed by atoms with Crippen molar-refractivity contribution in [3.8, 4) is 11.1 Å². The highest BCUT2D eigenvalue weighted by Crippen LogP contribution is 2.44. The van der Waals surface area contributed by atoms with Gasteiger partial charge in [0.25, 0.3) is 0 Å². The maximum atomic E-state index is 12.4. The standard InChI is InChI=1S/C22H25NO4/c1-26-22(25)15(7-6-12-23)13-21(24)27-14-20-18-10-4-2-8-16(18)17-9-3-5-11-19(17)20/h2-5,8-11,15,20H,6-7,12-14,23H2,1H3/t15-/m1/s1. The SMILES string of the molecule is COC(=O)[C@H](CCCN)CC(=O)OCC1c2ccccc2-c2ccccc21. The quantitative estimate of drug-likeness (QED) is 0.725. The van der Waals surface area contributed by atoms with E-state index < -0.39 is 11.9 Å². The van der Waals surface area contributed by atoms with E-state index in [0.717, 1.165) is 0 Å². The molecule has 0 amide bonds. The summed E-state index contributed by atoms with van der Waals surface area (Å²) in [5.74, 6) is -1.27. The van der Waals surface area contributed by atoms with Gasteiger partial charge in [0.2, 0.25) is 0 Å². The van der Waals surface area contributed by atoms with Crippen molar-refractivity contribution in [2.75, 3.05) is 20.3 Å². The number of methoxy groups -OCH3 is 1. The average molecular weight is 367 g/mol. The summed E-state index contributed by atoms with van der Waals surface area (Å²) in [7, 11) is 1.33. The molecule has 2 N–H and O–H groups in total. The highest BCUT2D eigenvalue weighted by atomic mass is 16.5. The van der Waals surface area contributed by atoms with Crippen molar-refractivity contribution in [2.45, 2.75) is 25.2 Å². The second kappa shape index (κ2) is 8.82. The van der Waals surface area contributed by atoms with Crippen molar-refractivity contribution in [2.24, 2.45) is 11.7 Å². The summed E-state index contributed by atoms with van der Waals surface area (Å²) in [5, 5.41) is 0. The van der Waals surface area contributed by atoms with E-state index >= 15 is 0 Å². The lowest BCUT2D eigenvalue weighted by Gasteiger charge is -2.16. The highest BCUT2D eigenvalue weighted by Gasteiger charge is 2.30. The predicted molar refractivity (Wildman–Crippen MR) is 103 cm³/mol. The Bertz CT molecular complexity index is 772. The first-order valence-corrected chi connectivity index (χ1v) is 9.27. The van der Waals surface area contributed by atoms with Gasteiger partial charge in [-0.3, -0.25) is 9.59 Å². The molecule has 2 aromatic carbocycles. The van der Waals surface area contributed by atoms with E-state index in [9.17, 15) is 9.59 Å². The molecule has 142 valence electrons. The largest absolute Gasteiger partial charge is 0.469 e. The van der Waals surface area contributed by atoms with Crippen LogP contribution in [-0.4, -0.2) is 32.2 Å². The summed E-state index contributed by atoms with van der Waals surface area (Å²) in [6.45, 7) is 0.732. The van der Waals surface area contributed by atoms with E-state index in [1.807, 2.05) is 24.3 Å². The van der Waals surface area contributed by atoms with Gasteiger partial charge in [-0.05, 0) is 41.6 Å². The van der Waals surface area contributed by atoms with Gasteiger partial charge in [0.15, 0.2) is 0 Å². The van der Waals surface area contributed by atoms with E-state index in [0.29, 0.717) is 19.4 Å². The maximum Gasteiger partial charge on any atom is 0.309 e. The first kappa shape index (κ1) is 19.1. The Morgan fingerprint density at radius 3 is 2.19 bits per heavy atom. The van der Waals surface area contributed by atoms with Gasteiger partial charge in [-0.1, -0.05) is 48.5 Å². The number of nitrogens with two attached hydrogens (primary N) is 1. The molecule has 1 aliphatic rings. The fourth-order valence-electron chi connectivity index (χ4n) is 3.71. The molecular weight excluding hydrogens is 342 g/mol. The molecule has 5 nitrogen and oxygen atoms in total. The lowest BCUT2D eigenvalue weighted by Crippen LogP contribution is -2.23. The molecule has 0 saturated heterocycles. The smallest absolute Gasteiger partial charge is 0.309 e. The van der Waals surface area contributed by atoms with E-state index in [2.05, 4.69) is 24.3 Å². The summed E-state index contributed by atoms with van der Waals surface area (Å²) in [4.78, 5) is 24.2. The minimum atomic E-state index is -0.505. The number of rotatable bonds is 8. The molecule has 0 radical (unpaired) electrons.